The van der Waals surface area contributed by atoms with Crippen molar-refractivity contribution in [2.75, 3.05) is 0 Å². The van der Waals surface area contributed by atoms with E-state index in [-0.39, 0.29) is 16.0 Å². The van der Waals surface area contributed by atoms with Gasteiger partial charge in [0.15, 0.2) is 0 Å². The Kier molecular flexibility index (Phi) is 5.13. The van der Waals surface area contributed by atoms with Gasteiger partial charge in [-0.2, -0.15) is 0 Å². The summed E-state index contributed by atoms with van der Waals surface area (Å²) in [6, 6.07) is 16.8. The molecule has 0 aliphatic heterocycles. The van der Waals surface area contributed by atoms with Gasteiger partial charge in [-0.15, -0.1) is 11.6 Å². The second-order valence-electron chi connectivity index (χ2n) is 4.66. The third kappa shape index (κ3) is 3.81. The molecule has 0 aliphatic rings. The Bertz CT molecular complexity index is 572. The van der Waals surface area contributed by atoms with Crippen LogP contribution in [0.3, 0.4) is 0 Å². The molecule has 2 aromatic carbocycles. The molecular formula is C16H16ClNO2. The molecule has 0 N–H and O–H groups in total. The molecule has 20 heavy (non-hydrogen) atoms. The predicted octanol–water partition coefficient (Wildman–Crippen LogP) is 4.90. The van der Waals surface area contributed by atoms with E-state index in [0.29, 0.717) is 6.42 Å². The number of halogens is 1. The van der Waals surface area contributed by atoms with Crippen LogP contribution in [-0.4, -0.2) is 4.92 Å². The van der Waals surface area contributed by atoms with E-state index in [1.54, 1.807) is 12.1 Å². The van der Waals surface area contributed by atoms with Crippen LogP contribution in [0.15, 0.2) is 54.6 Å². The lowest BCUT2D eigenvalue weighted by Crippen LogP contribution is -1.97. The van der Waals surface area contributed by atoms with Gasteiger partial charge >= 0.3 is 0 Å². The molecule has 0 aliphatic carbocycles. The highest BCUT2D eigenvalue weighted by Gasteiger charge is 2.13. The SMILES string of the molecule is O=[N+]([O-])c1ccccc1CCCC(Cl)c1ccccc1. The molecular weight excluding hydrogens is 274 g/mol. The molecule has 0 radical (unpaired) electrons. The molecule has 3 nitrogen and oxygen atoms in total. The fourth-order valence-corrected chi connectivity index (χ4v) is 2.50. The number of para-hydroxylation sites is 1. The summed E-state index contributed by atoms with van der Waals surface area (Å²) in [7, 11) is 0. The summed E-state index contributed by atoms with van der Waals surface area (Å²) < 4.78 is 0. The first-order valence-electron chi connectivity index (χ1n) is 6.60. The predicted molar refractivity (Wildman–Crippen MR) is 81.1 cm³/mol. The quantitative estimate of drug-likeness (QED) is 0.431. The number of nitro groups is 1. The Hall–Kier alpha value is -1.87. The van der Waals surface area contributed by atoms with E-state index in [1.807, 2.05) is 42.5 Å². The van der Waals surface area contributed by atoms with Crippen LogP contribution < -0.4 is 0 Å². The minimum absolute atomic E-state index is 0.0426. The van der Waals surface area contributed by atoms with Crippen LogP contribution >= 0.6 is 11.6 Å². The van der Waals surface area contributed by atoms with Crippen LogP contribution in [0.2, 0.25) is 0 Å². The van der Waals surface area contributed by atoms with E-state index in [9.17, 15) is 10.1 Å². The van der Waals surface area contributed by atoms with Crippen LogP contribution in [0.5, 0.6) is 0 Å². The minimum atomic E-state index is -0.329. The lowest BCUT2D eigenvalue weighted by molar-refractivity contribution is -0.385. The summed E-state index contributed by atoms with van der Waals surface area (Å²) >= 11 is 6.34. The van der Waals surface area contributed by atoms with Gasteiger partial charge in [0, 0.05) is 11.6 Å². The van der Waals surface area contributed by atoms with Gasteiger partial charge in [-0.05, 0) is 24.8 Å². The lowest BCUT2D eigenvalue weighted by Gasteiger charge is -2.09. The molecule has 0 fully saturated rings. The number of rotatable bonds is 6. The topological polar surface area (TPSA) is 43.1 Å². The third-order valence-corrected chi connectivity index (χ3v) is 3.72. The second kappa shape index (κ2) is 7.06. The van der Waals surface area contributed by atoms with Gasteiger partial charge in [0.1, 0.15) is 0 Å². The molecule has 0 saturated heterocycles. The van der Waals surface area contributed by atoms with Gasteiger partial charge in [-0.1, -0.05) is 48.5 Å². The summed E-state index contributed by atoms with van der Waals surface area (Å²) in [4.78, 5) is 10.6. The minimum Gasteiger partial charge on any atom is -0.258 e. The van der Waals surface area contributed by atoms with Crippen LogP contribution in [0.4, 0.5) is 5.69 Å². The third-order valence-electron chi connectivity index (χ3n) is 3.25. The summed E-state index contributed by atoms with van der Waals surface area (Å²) in [5.41, 5.74) is 2.06. The van der Waals surface area contributed by atoms with Gasteiger partial charge < -0.3 is 0 Å². The highest BCUT2D eigenvalue weighted by molar-refractivity contribution is 6.20. The van der Waals surface area contributed by atoms with Crippen molar-refractivity contribution in [3.05, 3.63) is 75.8 Å². The molecule has 0 saturated carbocycles. The first-order chi connectivity index (χ1) is 9.68. The maximum absolute atomic E-state index is 10.9. The molecule has 104 valence electrons. The zero-order chi connectivity index (χ0) is 14.4. The van der Waals surface area contributed by atoms with E-state index in [0.717, 1.165) is 24.0 Å². The van der Waals surface area contributed by atoms with E-state index < -0.39 is 0 Å². The molecule has 1 atom stereocenters. The van der Waals surface area contributed by atoms with Crippen LogP contribution in [0.1, 0.15) is 29.3 Å². The van der Waals surface area contributed by atoms with Crippen molar-refractivity contribution >= 4 is 17.3 Å². The zero-order valence-electron chi connectivity index (χ0n) is 11.0. The molecule has 2 rings (SSSR count). The fraction of sp³-hybridized carbons (Fsp3) is 0.250. The molecule has 1 unspecified atom stereocenters. The van der Waals surface area contributed by atoms with Gasteiger partial charge in [0.2, 0.25) is 0 Å². The van der Waals surface area contributed by atoms with Crippen molar-refractivity contribution in [3.63, 3.8) is 0 Å². The van der Waals surface area contributed by atoms with Crippen molar-refractivity contribution < 1.29 is 4.92 Å². The number of alkyl halides is 1. The summed E-state index contributed by atoms with van der Waals surface area (Å²) in [6.07, 6.45) is 2.30. The van der Waals surface area contributed by atoms with Crippen LogP contribution in [0.25, 0.3) is 0 Å². The number of nitro benzene ring substituents is 1. The van der Waals surface area contributed by atoms with Crippen LogP contribution in [-0.2, 0) is 6.42 Å². The molecule has 0 aromatic heterocycles. The van der Waals surface area contributed by atoms with Gasteiger partial charge in [-0.25, -0.2) is 0 Å². The van der Waals surface area contributed by atoms with E-state index in [4.69, 9.17) is 11.6 Å². The highest BCUT2D eigenvalue weighted by Crippen LogP contribution is 2.27. The molecule has 4 heteroatoms. The van der Waals surface area contributed by atoms with Gasteiger partial charge in [0.05, 0.1) is 10.3 Å². The summed E-state index contributed by atoms with van der Waals surface area (Å²) in [5.74, 6) is 0. The number of aryl methyl sites for hydroxylation is 1. The molecule has 0 spiro atoms. The first kappa shape index (κ1) is 14.5. The van der Waals surface area contributed by atoms with Crippen molar-refractivity contribution in [2.24, 2.45) is 0 Å². The smallest absolute Gasteiger partial charge is 0.258 e. The number of hydrogen-bond donors (Lipinski definition) is 0. The van der Waals surface area contributed by atoms with E-state index in [1.165, 1.54) is 0 Å². The van der Waals surface area contributed by atoms with Crippen molar-refractivity contribution in [3.8, 4) is 0 Å². The molecule has 0 bridgehead atoms. The van der Waals surface area contributed by atoms with Gasteiger partial charge in [0.25, 0.3) is 5.69 Å². The maximum Gasteiger partial charge on any atom is 0.272 e. The van der Waals surface area contributed by atoms with Crippen molar-refractivity contribution in [2.45, 2.75) is 24.6 Å². The first-order valence-corrected chi connectivity index (χ1v) is 7.03. The van der Waals surface area contributed by atoms with E-state index in [2.05, 4.69) is 0 Å². The molecule has 0 amide bonds. The summed E-state index contributed by atoms with van der Waals surface area (Å²) in [5, 5.41) is 10.9. The fourth-order valence-electron chi connectivity index (χ4n) is 2.20. The number of nitrogens with zero attached hydrogens (tertiary/aromatic N) is 1. The molecule has 0 heterocycles. The van der Waals surface area contributed by atoms with Crippen LogP contribution in [0, 0.1) is 10.1 Å². The summed E-state index contributed by atoms with van der Waals surface area (Å²) in [6.45, 7) is 0. The van der Waals surface area contributed by atoms with Crippen molar-refractivity contribution in [1.29, 1.82) is 0 Å². The average Bonchev–Trinajstić information content (AvgIpc) is 2.48. The van der Waals surface area contributed by atoms with Crippen molar-refractivity contribution in [1.82, 2.24) is 0 Å². The monoisotopic (exact) mass is 289 g/mol. The highest BCUT2D eigenvalue weighted by atomic mass is 35.5. The zero-order valence-corrected chi connectivity index (χ0v) is 11.8. The maximum atomic E-state index is 10.9. The standard InChI is InChI=1S/C16H16ClNO2/c17-15(13-7-2-1-3-8-13)11-6-10-14-9-4-5-12-16(14)18(19)20/h1-5,7-9,12,15H,6,10-11H2. The number of benzene rings is 2. The van der Waals surface area contributed by atoms with Gasteiger partial charge in [-0.3, -0.25) is 10.1 Å². The van der Waals surface area contributed by atoms with E-state index >= 15 is 0 Å². The normalized spacial score (nSPS) is 12.1. The lowest BCUT2D eigenvalue weighted by atomic mass is 10.0. The second-order valence-corrected chi connectivity index (χ2v) is 5.18. The largest absolute Gasteiger partial charge is 0.272 e. The average molecular weight is 290 g/mol. The Morgan fingerprint density at radius 1 is 1.05 bits per heavy atom. The number of hydrogen-bond acceptors (Lipinski definition) is 2. The Balaban J connectivity index is 1.92. The Morgan fingerprint density at radius 3 is 2.40 bits per heavy atom. The molecule has 2 aromatic rings. The Labute approximate surface area is 123 Å². The Morgan fingerprint density at radius 2 is 1.70 bits per heavy atom.